The van der Waals surface area contributed by atoms with Crippen LogP contribution in [0.3, 0.4) is 0 Å². The summed E-state index contributed by atoms with van der Waals surface area (Å²) in [7, 11) is -3.81. The lowest BCUT2D eigenvalue weighted by Gasteiger charge is -2.28. The van der Waals surface area contributed by atoms with Crippen LogP contribution in [0.15, 0.2) is 97.1 Å². The zero-order valence-corrected chi connectivity index (χ0v) is 25.3. The largest absolute Gasteiger partial charge is 0.416 e. The Bertz CT molecular complexity index is 1670. The van der Waals surface area contributed by atoms with E-state index in [0.29, 0.717) is 35.4 Å². The molecule has 0 N–H and O–H groups in total. The van der Waals surface area contributed by atoms with Crippen LogP contribution in [0.5, 0.6) is 0 Å². The van der Waals surface area contributed by atoms with Crippen molar-refractivity contribution in [2.75, 3.05) is 0 Å². The van der Waals surface area contributed by atoms with Crippen molar-refractivity contribution in [2.24, 2.45) is 0 Å². The van der Waals surface area contributed by atoms with E-state index < -0.39 is 66.2 Å². The average molecular weight is 687 g/mol. The van der Waals surface area contributed by atoms with Gasteiger partial charge in [0, 0.05) is 0 Å². The van der Waals surface area contributed by atoms with Gasteiger partial charge in [0.2, 0.25) is 0 Å². The quantitative estimate of drug-likeness (QED) is 0.148. The van der Waals surface area contributed by atoms with E-state index in [2.05, 4.69) is 0 Å². The van der Waals surface area contributed by atoms with Crippen LogP contribution in [-0.2, 0) is 24.7 Å². The fourth-order valence-electron chi connectivity index (χ4n) is 6.00. The topological polar surface area (TPSA) is 0 Å². The van der Waals surface area contributed by atoms with Crippen molar-refractivity contribution in [3.63, 3.8) is 0 Å². The summed E-state index contributed by atoms with van der Waals surface area (Å²) >= 11 is 0. The first-order valence-electron chi connectivity index (χ1n) is 13.8. The molecule has 0 fully saturated rings. The Morgan fingerprint density at radius 3 is 0.851 bits per heavy atom. The molecule has 0 spiro atoms. The third-order valence-corrected chi connectivity index (χ3v) is 11.5. The van der Waals surface area contributed by atoms with Gasteiger partial charge < -0.3 is 0 Å². The number of benzene rings is 4. The molecule has 0 amide bonds. The minimum atomic E-state index is -5.21. The van der Waals surface area contributed by atoms with Crippen molar-refractivity contribution in [1.29, 1.82) is 0 Å². The van der Waals surface area contributed by atoms with Crippen LogP contribution in [0, 0.1) is 0 Å². The highest BCUT2D eigenvalue weighted by atomic mass is 28.3. The molecule has 246 valence electrons. The minimum Gasteiger partial charge on any atom is -0.166 e. The molecule has 0 aromatic heterocycles. The van der Waals surface area contributed by atoms with E-state index in [1.54, 1.807) is 36.4 Å². The molecule has 0 nitrogen and oxygen atoms in total. The molecule has 13 heteroatoms. The van der Waals surface area contributed by atoms with Crippen molar-refractivity contribution >= 4 is 29.6 Å². The lowest BCUT2D eigenvalue weighted by molar-refractivity contribution is -0.144. The number of hydrogen-bond donors (Lipinski definition) is 0. The zero-order chi connectivity index (χ0) is 34.7. The highest BCUT2D eigenvalue weighted by Crippen LogP contribution is 2.57. The van der Waals surface area contributed by atoms with Crippen LogP contribution < -0.4 is 0 Å². The summed E-state index contributed by atoms with van der Waals surface area (Å²) in [6.45, 7) is 2.97. The van der Waals surface area contributed by atoms with Crippen LogP contribution in [-0.4, -0.2) is 8.07 Å². The Hall–Kier alpha value is -4.26. The summed E-state index contributed by atoms with van der Waals surface area (Å²) in [5, 5.41) is -0.0275. The van der Waals surface area contributed by atoms with Crippen LogP contribution in [0.4, 0.5) is 52.7 Å². The van der Waals surface area contributed by atoms with Gasteiger partial charge >= 0.3 is 24.7 Å². The Morgan fingerprint density at radius 2 is 0.617 bits per heavy atom. The number of alkyl halides is 12. The Labute approximate surface area is 261 Å². The maximum absolute atomic E-state index is 14.0. The molecule has 1 heterocycles. The first kappa shape index (κ1) is 34.1. The summed E-state index contributed by atoms with van der Waals surface area (Å²) in [6, 6.07) is 17.6. The van der Waals surface area contributed by atoms with Crippen molar-refractivity contribution < 1.29 is 52.7 Å². The van der Waals surface area contributed by atoms with Crippen molar-refractivity contribution in [3.05, 3.63) is 142 Å². The molecule has 0 radical (unpaired) electrons. The summed E-state index contributed by atoms with van der Waals surface area (Å²) in [5.41, 5.74) is -6.61. The van der Waals surface area contributed by atoms with E-state index in [0.717, 1.165) is 0 Å². The van der Waals surface area contributed by atoms with E-state index in [-0.39, 0.29) is 33.7 Å². The Morgan fingerprint density at radius 1 is 0.362 bits per heavy atom. The van der Waals surface area contributed by atoms with Gasteiger partial charge in [0.05, 0.1) is 22.3 Å². The van der Waals surface area contributed by atoms with Gasteiger partial charge in [-0.15, -0.1) is 0 Å². The van der Waals surface area contributed by atoms with Gasteiger partial charge in [-0.05, 0) is 80.2 Å². The second kappa shape index (κ2) is 11.5. The van der Waals surface area contributed by atoms with Crippen LogP contribution in [0.2, 0.25) is 13.1 Å². The second-order valence-corrected chi connectivity index (χ2v) is 15.7. The summed E-state index contributed by atoms with van der Waals surface area (Å²) in [5.74, 6) is 0. The third-order valence-electron chi connectivity index (χ3n) is 7.88. The van der Waals surface area contributed by atoms with Gasteiger partial charge in [-0.3, -0.25) is 0 Å². The highest BCUT2D eigenvalue weighted by Gasteiger charge is 2.47. The lowest BCUT2D eigenvalue weighted by Crippen LogP contribution is -2.29. The molecule has 0 saturated carbocycles. The van der Waals surface area contributed by atoms with Gasteiger partial charge in [-0.1, -0.05) is 73.8 Å². The first-order valence-corrected chi connectivity index (χ1v) is 16.8. The zero-order valence-electron chi connectivity index (χ0n) is 24.3. The molecule has 47 heavy (non-hydrogen) atoms. The lowest BCUT2D eigenvalue weighted by atomic mass is 9.88. The predicted octanol–water partition coefficient (Wildman–Crippen LogP) is 12.1. The molecule has 0 bridgehead atoms. The van der Waals surface area contributed by atoms with Crippen LogP contribution in [0.25, 0.3) is 21.5 Å². The van der Waals surface area contributed by atoms with Gasteiger partial charge in [-0.25, -0.2) is 0 Å². The number of allylic oxidation sites excluding steroid dienone is 2. The standard InChI is InChI=1S/C34H22F12Si/c1-47(2)29(21-13-23(31(35,36)37)17-24(14-21)32(38,39)40)27(19-9-5-3-6-10-19)28(20-11-7-4-8-12-20)30(47)22-15-25(33(41,42)43)18-26(16-22)34(44,45)46/h3-18H,1-2H3. The predicted molar refractivity (Wildman–Crippen MR) is 157 cm³/mol. The molecule has 1 aliphatic heterocycles. The smallest absolute Gasteiger partial charge is 0.166 e. The van der Waals surface area contributed by atoms with E-state index in [1.807, 2.05) is 0 Å². The minimum absolute atomic E-state index is 0.0138. The molecule has 4 aromatic carbocycles. The molecule has 0 saturated heterocycles. The number of hydrogen-bond acceptors (Lipinski definition) is 0. The average Bonchev–Trinajstić information content (AvgIpc) is 3.22. The fourth-order valence-corrected chi connectivity index (χ4v) is 9.77. The summed E-state index contributed by atoms with van der Waals surface area (Å²) in [4.78, 5) is 0. The van der Waals surface area contributed by atoms with Crippen LogP contribution >= 0.6 is 0 Å². The van der Waals surface area contributed by atoms with Crippen molar-refractivity contribution in [1.82, 2.24) is 0 Å². The van der Waals surface area contributed by atoms with Crippen molar-refractivity contribution in [3.8, 4) is 0 Å². The fraction of sp³-hybridized carbons (Fsp3) is 0.176. The molecular weight excluding hydrogens is 664 g/mol. The van der Waals surface area contributed by atoms with E-state index in [4.69, 9.17) is 0 Å². The van der Waals surface area contributed by atoms with Gasteiger partial charge in [0.15, 0.2) is 0 Å². The molecule has 1 aliphatic rings. The van der Waals surface area contributed by atoms with Gasteiger partial charge in [-0.2, -0.15) is 52.7 Å². The van der Waals surface area contributed by atoms with Gasteiger partial charge in [0.25, 0.3) is 0 Å². The number of halogens is 12. The molecule has 0 atom stereocenters. The SMILES string of the molecule is C[Si]1(C)C(c2cc(C(F)(F)F)cc(C(F)(F)F)c2)=C(c2ccccc2)C(c2ccccc2)=C1c1cc(C(F)(F)F)cc(C(F)(F)F)c1. The molecule has 5 rings (SSSR count). The Kier molecular flexibility index (Phi) is 8.31. The van der Waals surface area contributed by atoms with Crippen LogP contribution in [0.1, 0.15) is 44.5 Å². The summed E-state index contributed by atoms with van der Waals surface area (Å²) in [6.07, 6.45) is -20.9. The van der Waals surface area contributed by atoms with Crippen molar-refractivity contribution in [2.45, 2.75) is 37.8 Å². The van der Waals surface area contributed by atoms with E-state index in [9.17, 15) is 52.7 Å². The number of rotatable bonds is 4. The van der Waals surface area contributed by atoms with E-state index >= 15 is 0 Å². The molecule has 4 aromatic rings. The van der Waals surface area contributed by atoms with Gasteiger partial charge in [0.1, 0.15) is 8.07 Å². The molecule has 0 aliphatic carbocycles. The Balaban J connectivity index is 1.99. The monoisotopic (exact) mass is 686 g/mol. The third kappa shape index (κ3) is 6.63. The maximum Gasteiger partial charge on any atom is 0.416 e. The molecular formula is C34H22F12Si. The normalized spacial score (nSPS) is 15.9. The maximum atomic E-state index is 14.0. The summed E-state index contributed by atoms with van der Waals surface area (Å²) < 4.78 is 168. The second-order valence-electron chi connectivity index (χ2n) is 11.4. The molecule has 0 unspecified atom stereocenters. The van der Waals surface area contributed by atoms with E-state index in [1.165, 1.54) is 37.4 Å². The highest BCUT2D eigenvalue weighted by molar-refractivity contribution is 7.13. The first-order chi connectivity index (χ1) is 21.6.